The Balaban J connectivity index is 1.77. The maximum Gasteiger partial charge on any atom is 0.433 e. The van der Waals surface area contributed by atoms with E-state index in [2.05, 4.69) is 25.4 Å². The van der Waals surface area contributed by atoms with E-state index in [4.69, 9.17) is 10.00 Å². The summed E-state index contributed by atoms with van der Waals surface area (Å²) in [5, 5.41) is 19.0. The Labute approximate surface area is 139 Å². The average Bonchev–Trinajstić information content (AvgIpc) is 3.08. The molecule has 2 aromatic heterocycles. The molecule has 1 N–H and O–H groups in total. The third-order valence-corrected chi connectivity index (χ3v) is 3.15. The number of halogens is 3. The van der Waals surface area contributed by atoms with E-state index >= 15 is 0 Å². The summed E-state index contributed by atoms with van der Waals surface area (Å²) >= 11 is 0. The lowest BCUT2D eigenvalue weighted by atomic mass is 10.1. The number of H-pyrrole nitrogens is 1. The van der Waals surface area contributed by atoms with Crippen molar-refractivity contribution in [2.75, 3.05) is 0 Å². The second-order valence-corrected chi connectivity index (χ2v) is 4.84. The van der Waals surface area contributed by atoms with Crippen molar-refractivity contribution in [1.82, 2.24) is 25.4 Å². The van der Waals surface area contributed by atoms with Gasteiger partial charge in [-0.25, -0.2) is 4.98 Å². The number of aromatic amines is 1. The standard InChI is InChI=1S/C15H9F3N6O/c16-15(17,18)12-4-5-20-14(21-12)25-8-9-2-1-3-10(6-9)13-11(7-19)22-24-23-13/h1-6H,8H2,(H,22,23,24). The van der Waals surface area contributed by atoms with Gasteiger partial charge in [0.15, 0.2) is 11.4 Å². The summed E-state index contributed by atoms with van der Waals surface area (Å²) in [6.07, 6.45) is -3.59. The van der Waals surface area contributed by atoms with Crippen molar-refractivity contribution in [3.05, 3.63) is 53.5 Å². The van der Waals surface area contributed by atoms with Gasteiger partial charge in [0, 0.05) is 11.8 Å². The van der Waals surface area contributed by atoms with E-state index in [0.717, 1.165) is 12.3 Å². The van der Waals surface area contributed by atoms with Gasteiger partial charge < -0.3 is 4.74 Å². The highest BCUT2D eigenvalue weighted by Crippen LogP contribution is 2.28. The third-order valence-electron chi connectivity index (χ3n) is 3.15. The topological polar surface area (TPSA) is 100 Å². The number of hydrogen-bond acceptors (Lipinski definition) is 6. The zero-order valence-electron chi connectivity index (χ0n) is 12.4. The van der Waals surface area contributed by atoms with Gasteiger partial charge in [-0.1, -0.05) is 18.2 Å². The maximum absolute atomic E-state index is 12.6. The van der Waals surface area contributed by atoms with Crippen molar-refractivity contribution in [3.8, 4) is 23.3 Å². The molecule has 25 heavy (non-hydrogen) atoms. The molecule has 0 atom stereocenters. The largest absolute Gasteiger partial charge is 0.459 e. The van der Waals surface area contributed by atoms with Crippen LogP contribution in [0.3, 0.4) is 0 Å². The summed E-state index contributed by atoms with van der Waals surface area (Å²) in [7, 11) is 0. The van der Waals surface area contributed by atoms with Gasteiger partial charge >= 0.3 is 12.2 Å². The molecular weight excluding hydrogens is 337 g/mol. The van der Waals surface area contributed by atoms with Crippen LogP contribution in [-0.4, -0.2) is 25.4 Å². The molecule has 0 amide bonds. The molecule has 0 saturated heterocycles. The zero-order valence-corrected chi connectivity index (χ0v) is 12.4. The van der Waals surface area contributed by atoms with Crippen LogP contribution in [0.1, 0.15) is 17.0 Å². The molecule has 0 fully saturated rings. The Morgan fingerprint density at radius 3 is 2.80 bits per heavy atom. The number of alkyl halides is 3. The van der Waals surface area contributed by atoms with Crippen molar-refractivity contribution >= 4 is 0 Å². The molecule has 3 aromatic rings. The lowest BCUT2D eigenvalue weighted by Gasteiger charge is -2.08. The molecule has 0 radical (unpaired) electrons. The molecular formula is C15H9F3N6O. The molecule has 0 spiro atoms. The van der Waals surface area contributed by atoms with Gasteiger partial charge in [0.1, 0.15) is 18.4 Å². The molecule has 0 unspecified atom stereocenters. The molecule has 0 bridgehead atoms. The number of benzene rings is 1. The molecule has 0 aliphatic heterocycles. The van der Waals surface area contributed by atoms with Gasteiger partial charge in [-0.05, 0) is 17.7 Å². The Morgan fingerprint density at radius 2 is 2.04 bits per heavy atom. The summed E-state index contributed by atoms with van der Waals surface area (Å²) < 4.78 is 43.1. The Morgan fingerprint density at radius 1 is 1.20 bits per heavy atom. The van der Waals surface area contributed by atoms with Crippen molar-refractivity contribution < 1.29 is 17.9 Å². The molecule has 0 saturated carbocycles. The molecule has 7 nitrogen and oxygen atoms in total. The Hall–Kier alpha value is -3.48. The Kier molecular flexibility index (Phi) is 4.30. The van der Waals surface area contributed by atoms with Gasteiger partial charge in [-0.2, -0.15) is 33.7 Å². The summed E-state index contributed by atoms with van der Waals surface area (Å²) in [6.45, 7) is -0.0467. The highest BCUT2D eigenvalue weighted by Gasteiger charge is 2.33. The van der Waals surface area contributed by atoms with Crippen molar-refractivity contribution in [2.45, 2.75) is 12.8 Å². The van der Waals surface area contributed by atoms with Crippen LogP contribution < -0.4 is 4.74 Å². The monoisotopic (exact) mass is 346 g/mol. The lowest BCUT2D eigenvalue weighted by Crippen LogP contribution is -2.10. The van der Waals surface area contributed by atoms with E-state index in [0.29, 0.717) is 16.8 Å². The molecule has 10 heteroatoms. The van der Waals surface area contributed by atoms with E-state index in [1.807, 2.05) is 6.07 Å². The zero-order chi connectivity index (χ0) is 17.9. The summed E-state index contributed by atoms with van der Waals surface area (Å²) in [5.41, 5.74) is 0.702. The number of nitrogens with zero attached hydrogens (tertiary/aromatic N) is 5. The quantitative estimate of drug-likeness (QED) is 0.779. The minimum Gasteiger partial charge on any atom is -0.459 e. The SMILES string of the molecule is N#Cc1n[nH]nc1-c1cccc(COc2nccc(C(F)(F)F)n2)c1. The normalized spacial score (nSPS) is 11.1. The average molecular weight is 346 g/mol. The van der Waals surface area contributed by atoms with Crippen LogP contribution in [0.4, 0.5) is 13.2 Å². The van der Waals surface area contributed by atoms with Crippen LogP contribution >= 0.6 is 0 Å². The molecule has 0 aliphatic carbocycles. The fourth-order valence-electron chi connectivity index (χ4n) is 2.03. The van der Waals surface area contributed by atoms with Gasteiger partial charge in [-0.15, -0.1) is 5.10 Å². The minimum atomic E-state index is -4.57. The number of hydrogen-bond donors (Lipinski definition) is 1. The van der Waals surface area contributed by atoms with Crippen LogP contribution in [0.5, 0.6) is 6.01 Å². The summed E-state index contributed by atoms with van der Waals surface area (Å²) in [4.78, 5) is 6.99. The number of aromatic nitrogens is 5. The Bertz CT molecular complexity index is 931. The van der Waals surface area contributed by atoms with E-state index in [1.165, 1.54) is 0 Å². The van der Waals surface area contributed by atoms with Crippen LogP contribution in [0.2, 0.25) is 0 Å². The van der Waals surface area contributed by atoms with E-state index in [9.17, 15) is 13.2 Å². The van der Waals surface area contributed by atoms with Crippen molar-refractivity contribution in [1.29, 1.82) is 5.26 Å². The van der Waals surface area contributed by atoms with Crippen molar-refractivity contribution in [2.24, 2.45) is 0 Å². The van der Waals surface area contributed by atoms with Crippen LogP contribution in [0, 0.1) is 11.3 Å². The van der Waals surface area contributed by atoms with Crippen LogP contribution in [-0.2, 0) is 12.8 Å². The van der Waals surface area contributed by atoms with Crippen LogP contribution in [0.15, 0.2) is 36.5 Å². The first-order chi connectivity index (χ1) is 12.0. The fourth-order valence-corrected chi connectivity index (χ4v) is 2.03. The first-order valence-corrected chi connectivity index (χ1v) is 6.90. The number of ether oxygens (including phenoxy) is 1. The van der Waals surface area contributed by atoms with E-state index in [1.54, 1.807) is 24.3 Å². The lowest BCUT2D eigenvalue weighted by molar-refractivity contribution is -0.141. The first-order valence-electron chi connectivity index (χ1n) is 6.90. The van der Waals surface area contributed by atoms with Crippen LogP contribution in [0.25, 0.3) is 11.3 Å². The minimum absolute atomic E-state index is 0.0467. The van der Waals surface area contributed by atoms with Gasteiger partial charge in [0.2, 0.25) is 0 Å². The fraction of sp³-hybridized carbons (Fsp3) is 0.133. The van der Waals surface area contributed by atoms with Gasteiger partial charge in [0.25, 0.3) is 0 Å². The second kappa shape index (κ2) is 6.56. The molecule has 1 aromatic carbocycles. The highest BCUT2D eigenvalue weighted by atomic mass is 19.4. The molecule has 126 valence electrons. The molecule has 3 rings (SSSR count). The number of nitrogens with one attached hydrogen (secondary N) is 1. The molecule has 0 aliphatic rings. The maximum atomic E-state index is 12.6. The first kappa shape index (κ1) is 16.4. The van der Waals surface area contributed by atoms with Gasteiger partial charge in [0.05, 0.1) is 0 Å². The van der Waals surface area contributed by atoms with E-state index in [-0.39, 0.29) is 18.3 Å². The second-order valence-electron chi connectivity index (χ2n) is 4.84. The van der Waals surface area contributed by atoms with Gasteiger partial charge in [-0.3, -0.25) is 0 Å². The predicted molar refractivity (Wildman–Crippen MR) is 77.9 cm³/mol. The smallest absolute Gasteiger partial charge is 0.433 e. The highest BCUT2D eigenvalue weighted by molar-refractivity contribution is 5.64. The summed E-state index contributed by atoms with van der Waals surface area (Å²) in [6, 6.07) is 9.13. The van der Waals surface area contributed by atoms with E-state index < -0.39 is 11.9 Å². The number of rotatable bonds is 4. The molecule has 2 heterocycles. The van der Waals surface area contributed by atoms with Crippen molar-refractivity contribution in [3.63, 3.8) is 0 Å². The number of nitriles is 1. The third kappa shape index (κ3) is 3.72. The summed E-state index contributed by atoms with van der Waals surface area (Å²) in [5.74, 6) is 0. The predicted octanol–water partition coefficient (Wildman–Crippen LogP) is 2.73.